The molecule has 0 unspecified atom stereocenters. The number of likely N-dealkylation sites (tertiary alicyclic amines) is 1. The maximum Gasteiger partial charge on any atom is 0.257 e. The summed E-state index contributed by atoms with van der Waals surface area (Å²) < 4.78 is 1.64. The van der Waals surface area contributed by atoms with E-state index in [9.17, 15) is 9.59 Å². The Hall–Kier alpha value is -2.29. The molecule has 6 rings (SSSR count). The highest BCUT2D eigenvalue weighted by Gasteiger charge is 2.45. The number of aromatic nitrogens is 4. The summed E-state index contributed by atoms with van der Waals surface area (Å²) in [5.74, 6) is 1.23. The second kappa shape index (κ2) is 6.62. The first kappa shape index (κ1) is 17.6. The minimum atomic E-state index is 0.125. The molecule has 9 heteroatoms. The van der Waals surface area contributed by atoms with Crippen molar-refractivity contribution in [1.82, 2.24) is 30.0 Å². The molecule has 0 saturated carbocycles. The Morgan fingerprint density at radius 2 is 2.07 bits per heavy atom. The maximum atomic E-state index is 13.8. The lowest BCUT2D eigenvalue weighted by Crippen LogP contribution is -2.61. The second-order valence-corrected chi connectivity index (χ2v) is 9.95. The lowest BCUT2D eigenvalue weighted by molar-refractivity contribution is -0.144. The first-order valence-corrected chi connectivity index (χ1v) is 11.5. The maximum absolute atomic E-state index is 13.8. The lowest BCUT2D eigenvalue weighted by atomic mass is 9.76. The van der Waals surface area contributed by atoms with Gasteiger partial charge in [-0.25, -0.2) is 0 Å². The van der Waals surface area contributed by atoms with Gasteiger partial charge in [0, 0.05) is 37.0 Å². The van der Waals surface area contributed by atoms with Crippen molar-refractivity contribution < 1.29 is 9.59 Å². The van der Waals surface area contributed by atoms with E-state index >= 15 is 0 Å². The molecule has 4 aliphatic rings. The Kier molecular flexibility index (Phi) is 4.01. The molecule has 0 radical (unpaired) electrons. The van der Waals surface area contributed by atoms with E-state index in [0.29, 0.717) is 30.2 Å². The summed E-state index contributed by atoms with van der Waals surface area (Å²) in [4.78, 5) is 31.6. The van der Waals surface area contributed by atoms with Gasteiger partial charge in [-0.05, 0) is 66.4 Å². The number of tetrazole rings is 1. The summed E-state index contributed by atoms with van der Waals surface area (Å²) in [5.41, 5.74) is 2.02. The van der Waals surface area contributed by atoms with Gasteiger partial charge in [0.1, 0.15) is 11.3 Å². The zero-order valence-corrected chi connectivity index (χ0v) is 17.1. The van der Waals surface area contributed by atoms with Gasteiger partial charge in [-0.2, -0.15) is 4.68 Å². The van der Waals surface area contributed by atoms with E-state index in [4.69, 9.17) is 0 Å². The van der Waals surface area contributed by atoms with Gasteiger partial charge in [0.05, 0.1) is 5.56 Å². The fraction of sp³-hybridized carbons (Fsp3) is 0.650. The minimum absolute atomic E-state index is 0.125. The van der Waals surface area contributed by atoms with Crippen molar-refractivity contribution in [2.75, 3.05) is 19.6 Å². The highest BCUT2D eigenvalue weighted by atomic mass is 32.1. The molecule has 3 aliphatic heterocycles. The van der Waals surface area contributed by atoms with Gasteiger partial charge < -0.3 is 9.80 Å². The topological polar surface area (TPSA) is 84.2 Å². The second-order valence-electron chi connectivity index (χ2n) is 8.87. The number of fused-ring (bicyclic) bond motifs is 5. The molecule has 1 aliphatic carbocycles. The van der Waals surface area contributed by atoms with Gasteiger partial charge in [-0.1, -0.05) is 0 Å². The molecule has 0 aromatic carbocycles. The van der Waals surface area contributed by atoms with Crippen molar-refractivity contribution in [3.8, 4) is 5.00 Å². The van der Waals surface area contributed by atoms with E-state index in [1.54, 1.807) is 22.3 Å². The molecular weight excluding hydrogens is 388 g/mol. The highest BCUT2D eigenvalue weighted by Crippen LogP contribution is 2.41. The van der Waals surface area contributed by atoms with Crippen molar-refractivity contribution in [2.24, 2.45) is 11.8 Å². The number of thiophene rings is 1. The number of nitrogens with zero attached hydrogens (tertiary/aromatic N) is 6. The zero-order valence-electron chi connectivity index (χ0n) is 16.3. The number of piperidine rings is 3. The van der Waals surface area contributed by atoms with Crippen LogP contribution in [0, 0.1) is 11.8 Å². The van der Waals surface area contributed by atoms with Crippen LogP contribution >= 0.6 is 11.3 Å². The molecule has 2 bridgehead atoms. The molecule has 2 aromatic rings. The zero-order chi connectivity index (χ0) is 19.5. The average Bonchev–Trinajstić information content (AvgIpc) is 3.45. The third kappa shape index (κ3) is 2.73. The molecule has 3 fully saturated rings. The van der Waals surface area contributed by atoms with Gasteiger partial charge >= 0.3 is 0 Å². The van der Waals surface area contributed by atoms with E-state index < -0.39 is 0 Å². The molecule has 2 aromatic heterocycles. The van der Waals surface area contributed by atoms with Gasteiger partial charge in [-0.3, -0.25) is 9.59 Å². The molecule has 3 atom stereocenters. The van der Waals surface area contributed by atoms with E-state index in [1.807, 2.05) is 0 Å². The summed E-state index contributed by atoms with van der Waals surface area (Å²) in [6.45, 7) is 2.31. The van der Waals surface area contributed by atoms with Crippen LogP contribution in [0.2, 0.25) is 0 Å². The van der Waals surface area contributed by atoms with Crippen molar-refractivity contribution >= 4 is 23.2 Å². The SMILES string of the molecule is O=C(c1c(-n2cnnn2)sc2c1CCC2)N1C[C@H]2C[C@@H](C1)[C@H]1CCCC(=O)N1C2. The Labute approximate surface area is 172 Å². The van der Waals surface area contributed by atoms with Crippen LogP contribution < -0.4 is 0 Å². The number of amides is 2. The van der Waals surface area contributed by atoms with Crippen LogP contribution in [0.25, 0.3) is 5.00 Å². The molecule has 152 valence electrons. The fourth-order valence-corrected chi connectivity index (χ4v) is 7.26. The standard InChI is InChI=1S/C20H24N6O2S/c27-17-6-2-4-15-13-7-12(9-25(15)17)8-24(10-13)19(28)18-14-3-1-5-16(14)29-20(18)26-11-21-22-23-26/h11-13,15H,1-10H2/t12-,13+,15-/m1/s1. The van der Waals surface area contributed by atoms with Gasteiger partial charge in [-0.15, -0.1) is 16.4 Å². The lowest BCUT2D eigenvalue weighted by Gasteiger charge is -2.52. The summed E-state index contributed by atoms with van der Waals surface area (Å²) in [5, 5.41) is 12.5. The largest absolute Gasteiger partial charge is 0.339 e. The van der Waals surface area contributed by atoms with Crippen LogP contribution in [0.15, 0.2) is 6.33 Å². The summed E-state index contributed by atoms with van der Waals surface area (Å²) >= 11 is 1.66. The van der Waals surface area contributed by atoms with Gasteiger partial charge in [0.25, 0.3) is 5.91 Å². The van der Waals surface area contributed by atoms with E-state index in [0.717, 1.165) is 68.7 Å². The predicted octanol–water partition coefficient (Wildman–Crippen LogP) is 1.69. The van der Waals surface area contributed by atoms with Crippen molar-refractivity contribution in [1.29, 1.82) is 0 Å². The summed E-state index contributed by atoms with van der Waals surface area (Å²) in [6, 6.07) is 0.315. The smallest absolute Gasteiger partial charge is 0.257 e. The Balaban J connectivity index is 1.32. The summed E-state index contributed by atoms with van der Waals surface area (Å²) in [6.07, 6.45) is 8.57. The number of hydrogen-bond donors (Lipinski definition) is 0. The molecule has 0 spiro atoms. The third-order valence-electron chi connectivity index (χ3n) is 7.14. The Morgan fingerprint density at radius 1 is 1.14 bits per heavy atom. The van der Waals surface area contributed by atoms with E-state index in [-0.39, 0.29) is 5.91 Å². The van der Waals surface area contributed by atoms with Crippen LogP contribution in [0.1, 0.15) is 52.9 Å². The van der Waals surface area contributed by atoms with Crippen LogP contribution in [0.5, 0.6) is 0 Å². The first-order valence-electron chi connectivity index (χ1n) is 10.7. The average molecular weight is 413 g/mol. The van der Waals surface area contributed by atoms with E-state index in [1.165, 1.54) is 10.4 Å². The Morgan fingerprint density at radius 3 is 2.93 bits per heavy atom. The predicted molar refractivity (Wildman–Crippen MR) is 106 cm³/mol. The first-order chi connectivity index (χ1) is 14.2. The number of rotatable bonds is 2. The molecule has 2 amide bonds. The van der Waals surface area contributed by atoms with Crippen molar-refractivity contribution in [3.63, 3.8) is 0 Å². The molecular formula is C20H24N6O2S. The quantitative estimate of drug-likeness (QED) is 0.749. The molecule has 3 saturated heterocycles. The van der Waals surface area contributed by atoms with Crippen LogP contribution in [0.4, 0.5) is 0 Å². The number of carbonyl (C=O) groups is 2. The van der Waals surface area contributed by atoms with Gasteiger partial charge in [0.2, 0.25) is 5.91 Å². The van der Waals surface area contributed by atoms with Crippen LogP contribution in [-0.4, -0.2) is 67.5 Å². The number of carbonyl (C=O) groups excluding carboxylic acids is 2. The number of hydrogen-bond acceptors (Lipinski definition) is 6. The fourth-order valence-electron chi connectivity index (χ4n) is 5.96. The normalized spacial score (nSPS) is 28.4. The molecule has 5 heterocycles. The van der Waals surface area contributed by atoms with Crippen molar-refractivity contribution in [3.05, 3.63) is 22.3 Å². The summed E-state index contributed by atoms with van der Waals surface area (Å²) in [7, 11) is 0. The molecule has 29 heavy (non-hydrogen) atoms. The minimum Gasteiger partial charge on any atom is -0.339 e. The molecule has 0 N–H and O–H groups in total. The molecule has 8 nitrogen and oxygen atoms in total. The van der Waals surface area contributed by atoms with Crippen LogP contribution in [0.3, 0.4) is 0 Å². The van der Waals surface area contributed by atoms with Crippen LogP contribution in [-0.2, 0) is 17.6 Å². The van der Waals surface area contributed by atoms with Crippen molar-refractivity contribution in [2.45, 2.75) is 51.0 Å². The van der Waals surface area contributed by atoms with Gasteiger partial charge in [0.15, 0.2) is 0 Å². The Bertz CT molecular complexity index is 970. The van der Waals surface area contributed by atoms with E-state index in [2.05, 4.69) is 25.3 Å². The highest BCUT2D eigenvalue weighted by molar-refractivity contribution is 7.15. The number of aryl methyl sites for hydroxylation is 1. The monoisotopic (exact) mass is 412 g/mol. The third-order valence-corrected chi connectivity index (χ3v) is 8.42.